The molecule has 2 aliphatic rings. The first kappa shape index (κ1) is 10.6. The number of hydrogen-bond acceptors (Lipinski definition) is 2. The van der Waals surface area contributed by atoms with Crippen molar-refractivity contribution in [3.8, 4) is 0 Å². The van der Waals surface area contributed by atoms with Crippen molar-refractivity contribution in [1.82, 2.24) is 14.9 Å². The van der Waals surface area contributed by atoms with E-state index in [2.05, 4.69) is 34.1 Å². The third kappa shape index (κ3) is 1.57. The summed E-state index contributed by atoms with van der Waals surface area (Å²) < 4.78 is 0. The van der Waals surface area contributed by atoms with Crippen molar-refractivity contribution < 1.29 is 0 Å². The number of imidazole rings is 1. The maximum absolute atomic E-state index is 4.76. The lowest BCUT2D eigenvalue weighted by Crippen LogP contribution is -2.47. The van der Waals surface area contributed by atoms with Gasteiger partial charge in [-0.05, 0) is 31.4 Å². The topological polar surface area (TPSA) is 31.9 Å². The Bertz CT molecular complexity index is 521. The molecule has 94 valence electrons. The second kappa shape index (κ2) is 4.09. The van der Waals surface area contributed by atoms with Gasteiger partial charge in [0.15, 0.2) is 0 Å². The normalized spacial score (nSPS) is 25.7. The van der Waals surface area contributed by atoms with Crippen LogP contribution in [0.15, 0.2) is 24.3 Å². The average molecular weight is 241 g/mol. The largest absolute Gasteiger partial charge is 0.341 e. The highest BCUT2D eigenvalue weighted by Crippen LogP contribution is 2.38. The van der Waals surface area contributed by atoms with Gasteiger partial charge in [0.05, 0.1) is 17.1 Å². The van der Waals surface area contributed by atoms with Crippen LogP contribution in [0.3, 0.4) is 0 Å². The molecule has 0 spiro atoms. The Labute approximate surface area is 107 Å². The van der Waals surface area contributed by atoms with E-state index in [0.717, 1.165) is 11.6 Å². The van der Waals surface area contributed by atoms with Crippen LogP contribution in [0.1, 0.15) is 44.0 Å². The van der Waals surface area contributed by atoms with Crippen LogP contribution < -0.4 is 0 Å². The molecule has 1 aliphatic heterocycles. The molecule has 2 aromatic rings. The molecule has 1 saturated carbocycles. The fourth-order valence-electron chi connectivity index (χ4n) is 3.50. The van der Waals surface area contributed by atoms with Gasteiger partial charge in [0.25, 0.3) is 0 Å². The molecule has 18 heavy (non-hydrogen) atoms. The lowest BCUT2D eigenvalue weighted by atomic mass is 9.98. The van der Waals surface area contributed by atoms with Crippen LogP contribution >= 0.6 is 0 Å². The molecule has 1 aromatic carbocycles. The van der Waals surface area contributed by atoms with E-state index in [-0.39, 0.29) is 0 Å². The Balaban J connectivity index is 1.62. The molecule has 3 nitrogen and oxygen atoms in total. The minimum absolute atomic E-state index is 0.542. The van der Waals surface area contributed by atoms with E-state index in [1.54, 1.807) is 0 Å². The number of hydrogen-bond donors (Lipinski definition) is 1. The second-order valence-corrected chi connectivity index (χ2v) is 5.62. The van der Waals surface area contributed by atoms with Crippen molar-refractivity contribution in [2.45, 2.75) is 44.2 Å². The highest BCUT2D eigenvalue weighted by Gasteiger charge is 2.37. The van der Waals surface area contributed by atoms with Crippen LogP contribution in [0, 0.1) is 0 Å². The number of aromatic nitrogens is 2. The van der Waals surface area contributed by atoms with E-state index in [1.165, 1.54) is 50.0 Å². The van der Waals surface area contributed by atoms with Gasteiger partial charge < -0.3 is 4.98 Å². The quantitative estimate of drug-likeness (QED) is 0.875. The molecule has 0 bridgehead atoms. The van der Waals surface area contributed by atoms with Crippen molar-refractivity contribution in [3.63, 3.8) is 0 Å². The van der Waals surface area contributed by atoms with Crippen LogP contribution in [0.2, 0.25) is 0 Å². The summed E-state index contributed by atoms with van der Waals surface area (Å²) in [6.45, 7) is 1.26. The number of likely N-dealkylation sites (tertiary alicyclic amines) is 1. The van der Waals surface area contributed by atoms with Crippen LogP contribution in [0.25, 0.3) is 11.0 Å². The first-order valence-electron chi connectivity index (χ1n) is 7.12. The van der Waals surface area contributed by atoms with Crippen LogP contribution in [-0.4, -0.2) is 27.5 Å². The zero-order valence-electron chi connectivity index (χ0n) is 10.6. The van der Waals surface area contributed by atoms with Crippen molar-refractivity contribution in [2.75, 3.05) is 6.54 Å². The van der Waals surface area contributed by atoms with E-state index in [0.29, 0.717) is 6.04 Å². The summed E-state index contributed by atoms with van der Waals surface area (Å²) >= 11 is 0. The van der Waals surface area contributed by atoms with Crippen LogP contribution in [0.5, 0.6) is 0 Å². The zero-order chi connectivity index (χ0) is 11.9. The van der Waals surface area contributed by atoms with E-state index < -0.39 is 0 Å². The number of fused-ring (bicyclic) bond motifs is 1. The Kier molecular flexibility index (Phi) is 2.40. The van der Waals surface area contributed by atoms with Crippen LogP contribution in [-0.2, 0) is 0 Å². The van der Waals surface area contributed by atoms with E-state index in [4.69, 9.17) is 4.98 Å². The van der Waals surface area contributed by atoms with Gasteiger partial charge in [0, 0.05) is 12.6 Å². The summed E-state index contributed by atoms with van der Waals surface area (Å²) in [5.74, 6) is 1.18. The van der Waals surface area contributed by atoms with Gasteiger partial charge in [-0.15, -0.1) is 0 Å². The molecule has 1 aliphatic carbocycles. The molecule has 4 rings (SSSR count). The van der Waals surface area contributed by atoms with E-state index in [1.807, 2.05) is 0 Å². The van der Waals surface area contributed by atoms with Gasteiger partial charge in [-0.1, -0.05) is 25.0 Å². The highest BCUT2D eigenvalue weighted by molar-refractivity contribution is 5.74. The molecule has 2 heterocycles. The summed E-state index contributed by atoms with van der Waals surface area (Å²) in [5, 5.41) is 0. The van der Waals surface area contributed by atoms with Crippen molar-refractivity contribution >= 4 is 11.0 Å². The molecule has 0 radical (unpaired) electrons. The monoisotopic (exact) mass is 241 g/mol. The number of aromatic amines is 1. The SMILES string of the molecule is c1ccc2[nH]c(C3CCN3C3CCCC3)nc2c1. The first-order chi connectivity index (χ1) is 8.92. The first-order valence-corrected chi connectivity index (χ1v) is 7.12. The van der Waals surface area contributed by atoms with Crippen molar-refractivity contribution in [3.05, 3.63) is 30.1 Å². The molecule has 2 fully saturated rings. The molecular weight excluding hydrogens is 222 g/mol. The second-order valence-electron chi connectivity index (χ2n) is 5.62. The predicted molar refractivity (Wildman–Crippen MR) is 72.4 cm³/mol. The van der Waals surface area contributed by atoms with Crippen molar-refractivity contribution in [1.29, 1.82) is 0 Å². The minimum Gasteiger partial charge on any atom is -0.341 e. The third-order valence-corrected chi connectivity index (χ3v) is 4.58. The highest BCUT2D eigenvalue weighted by atomic mass is 15.3. The smallest absolute Gasteiger partial charge is 0.124 e. The number of nitrogens with one attached hydrogen (secondary N) is 1. The maximum Gasteiger partial charge on any atom is 0.124 e. The molecule has 3 heteroatoms. The molecular formula is C15H19N3. The fraction of sp³-hybridized carbons (Fsp3) is 0.533. The van der Waals surface area contributed by atoms with Gasteiger partial charge in [-0.2, -0.15) is 0 Å². The Morgan fingerprint density at radius 3 is 2.67 bits per heavy atom. The summed E-state index contributed by atoms with van der Waals surface area (Å²) in [5.41, 5.74) is 2.27. The molecule has 0 amide bonds. The Morgan fingerprint density at radius 1 is 1.11 bits per heavy atom. The van der Waals surface area contributed by atoms with Gasteiger partial charge in [0.1, 0.15) is 5.82 Å². The van der Waals surface area contributed by atoms with Gasteiger partial charge in [0.2, 0.25) is 0 Å². The summed E-state index contributed by atoms with van der Waals surface area (Å²) in [6, 6.07) is 9.69. The zero-order valence-corrected chi connectivity index (χ0v) is 10.6. The maximum atomic E-state index is 4.76. The van der Waals surface area contributed by atoms with Gasteiger partial charge in [-0.3, -0.25) is 4.90 Å². The molecule has 1 saturated heterocycles. The number of nitrogens with zero attached hydrogens (tertiary/aromatic N) is 2. The van der Waals surface area contributed by atoms with Gasteiger partial charge >= 0.3 is 0 Å². The lowest BCUT2D eigenvalue weighted by Gasteiger charge is -2.44. The molecule has 1 atom stereocenters. The predicted octanol–water partition coefficient (Wildman–Crippen LogP) is 3.25. The number of H-pyrrole nitrogens is 1. The van der Waals surface area contributed by atoms with E-state index >= 15 is 0 Å². The molecule has 1 N–H and O–H groups in total. The third-order valence-electron chi connectivity index (χ3n) is 4.58. The fourth-order valence-corrected chi connectivity index (χ4v) is 3.50. The van der Waals surface area contributed by atoms with Crippen LogP contribution in [0.4, 0.5) is 0 Å². The lowest BCUT2D eigenvalue weighted by molar-refractivity contribution is 0.0381. The van der Waals surface area contributed by atoms with Crippen molar-refractivity contribution in [2.24, 2.45) is 0 Å². The summed E-state index contributed by atoms with van der Waals surface area (Å²) in [4.78, 5) is 10.9. The Morgan fingerprint density at radius 2 is 1.94 bits per heavy atom. The number of para-hydroxylation sites is 2. The molecule has 1 unspecified atom stereocenters. The van der Waals surface area contributed by atoms with Gasteiger partial charge in [-0.25, -0.2) is 4.98 Å². The Hall–Kier alpha value is -1.35. The summed E-state index contributed by atoms with van der Waals surface area (Å²) in [7, 11) is 0. The standard InChI is InChI=1S/C15H19N3/c1-2-6-11(5-1)18-10-9-14(18)15-16-12-7-3-4-8-13(12)17-15/h3-4,7-8,11,14H,1-2,5-6,9-10H2,(H,16,17). The number of benzene rings is 1. The number of rotatable bonds is 2. The summed E-state index contributed by atoms with van der Waals surface area (Å²) in [6.07, 6.45) is 6.85. The molecule has 1 aromatic heterocycles. The average Bonchev–Trinajstić information content (AvgIpc) is 2.95. The van der Waals surface area contributed by atoms with E-state index in [9.17, 15) is 0 Å². The minimum atomic E-state index is 0.542.